The number of aliphatic imine (C=N–C) groups is 1. The smallest absolute Gasteiger partial charge is 0.233 e. The van der Waals surface area contributed by atoms with Crippen molar-refractivity contribution in [3.63, 3.8) is 0 Å². The zero-order chi connectivity index (χ0) is 21.0. The molecular weight excluding hydrogens is 396 g/mol. The van der Waals surface area contributed by atoms with Crippen molar-refractivity contribution in [3.05, 3.63) is 101 Å². The Morgan fingerprint density at radius 1 is 1.10 bits per heavy atom. The van der Waals surface area contributed by atoms with Gasteiger partial charge in [0.15, 0.2) is 0 Å². The number of rotatable bonds is 5. The fourth-order valence-electron chi connectivity index (χ4n) is 3.45. The number of hydrogen-bond acceptors (Lipinski definition) is 4. The van der Waals surface area contributed by atoms with Gasteiger partial charge in [0, 0.05) is 23.3 Å². The first kappa shape index (κ1) is 19.9. The average molecular weight is 417 g/mol. The molecule has 1 aliphatic rings. The summed E-state index contributed by atoms with van der Waals surface area (Å²) in [5.41, 5.74) is 8.18. The molecule has 30 heavy (non-hydrogen) atoms. The van der Waals surface area contributed by atoms with Gasteiger partial charge in [-0.05, 0) is 41.5 Å². The minimum absolute atomic E-state index is 0.221. The Labute approximate surface area is 180 Å². The Morgan fingerprint density at radius 3 is 2.57 bits per heavy atom. The predicted octanol–water partition coefficient (Wildman–Crippen LogP) is 3.88. The fraction of sp³-hybridized carbons (Fsp3) is 0.125. The van der Waals surface area contributed by atoms with Crippen molar-refractivity contribution in [3.8, 4) is 11.3 Å². The van der Waals surface area contributed by atoms with E-state index in [1.165, 1.54) is 0 Å². The number of nitrogens with zero attached hydrogens (tertiary/aromatic N) is 2. The van der Waals surface area contributed by atoms with Crippen molar-refractivity contribution < 1.29 is 4.79 Å². The lowest BCUT2D eigenvalue weighted by molar-refractivity contribution is -0.121. The highest BCUT2D eigenvalue weighted by molar-refractivity contribution is 6.33. The zero-order valence-corrected chi connectivity index (χ0v) is 17.0. The van der Waals surface area contributed by atoms with Gasteiger partial charge in [-0.25, -0.2) is 0 Å². The second kappa shape index (κ2) is 8.51. The van der Waals surface area contributed by atoms with Crippen LogP contribution in [0, 0.1) is 0 Å². The first-order valence-corrected chi connectivity index (χ1v) is 9.99. The highest BCUT2D eigenvalue weighted by Gasteiger charge is 2.38. The molecule has 5 nitrogen and oxygen atoms in total. The molecular formula is C24H21ClN4O. The van der Waals surface area contributed by atoms with E-state index in [1.807, 2.05) is 72.8 Å². The van der Waals surface area contributed by atoms with Gasteiger partial charge in [-0.15, -0.1) is 0 Å². The van der Waals surface area contributed by atoms with Crippen molar-refractivity contribution in [2.24, 2.45) is 10.7 Å². The van der Waals surface area contributed by atoms with Crippen LogP contribution in [0.3, 0.4) is 0 Å². The van der Waals surface area contributed by atoms with Crippen molar-refractivity contribution >= 4 is 23.3 Å². The van der Waals surface area contributed by atoms with Crippen LogP contribution in [0.2, 0.25) is 5.02 Å². The van der Waals surface area contributed by atoms with Gasteiger partial charge in [-0.1, -0.05) is 60.1 Å². The number of aromatic nitrogens is 1. The Kier molecular flexibility index (Phi) is 5.63. The van der Waals surface area contributed by atoms with E-state index in [1.54, 1.807) is 12.3 Å². The summed E-state index contributed by atoms with van der Waals surface area (Å²) in [4.78, 5) is 21.5. The van der Waals surface area contributed by atoms with Crippen LogP contribution in [0.15, 0.2) is 90.1 Å². The van der Waals surface area contributed by atoms with Crippen molar-refractivity contribution in [2.75, 3.05) is 6.54 Å². The Hall–Kier alpha value is -3.44. The summed E-state index contributed by atoms with van der Waals surface area (Å²) in [6.07, 6.45) is 5.34. The third-order valence-electron chi connectivity index (χ3n) is 5.20. The van der Waals surface area contributed by atoms with Gasteiger partial charge < -0.3 is 11.1 Å². The highest BCUT2D eigenvalue weighted by atomic mass is 35.5. The number of amides is 1. The summed E-state index contributed by atoms with van der Waals surface area (Å²) in [5.74, 6) is 0.258. The molecule has 0 fully saturated rings. The summed E-state index contributed by atoms with van der Waals surface area (Å²) in [6, 6.07) is 21.1. The molecule has 0 spiro atoms. The minimum Gasteiger partial charge on any atom is -0.369 e. The van der Waals surface area contributed by atoms with E-state index < -0.39 is 11.3 Å². The Bertz CT molecular complexity index is 1110. The van der Waals surface area contributed by atoms with Crippen molar-refractivity contribution in [1.29, 1.82) is 0 Å². The fourth-order valence-corrected chi connectivity index (χ4v) is 3.67. The number of benzene rings is 2. The molecule has 2 aromatic carbocycles. The maximum atomic E-state index is 12.5. The van der Waals surface area contributed by atoms with Crippen LogP contribution in [-0.2, 0) is 16.8 Å². The van der Waals surface area contributed by atoms with Gasteiger partial charge in [-0.3, -0.25) is 14.8 Å². The van der Waals surface area contributed by atoms with Gasteiger partial charge in [0.05, 0.1) is 12.2 Å². The maximum Gasteiger partial charge on any atom is 0.233 e. The lowest BCUT2D eigenvalue weighted by Crippen LogP contribution is -2.45. The van der Waals surface area contributed by atoms with Crippen LogP contribution in [-0.4, -0.2) is 23.3 Å². The second-order valence-electron chi connectivity index (χ2n) is 7.12. The largest absolute Gasteiger partial charge is 0.369 e. The molecule has 6 heteroatoms. The molecule has 2 heterocycles. The Balaban J connectivity index is 1.60. The van der Waals surface area contributed by atoms with Crippen LogP contribution in [0.5, 0.6) is 0 Å². The number of halogens is 1. The maximum absolute atomic E-state index is 12.5. The molecule has 1 aromatic heterocycles. The summed E-state index contributed by atoms with van der Waals surface area (Å²) in [7, 11) is 0. The van der Waals surface area contributed by atoms with Gasteiger partial charge in [0.2, 0.25) is 5.91 Å². The summed E-state index contributed by atoms with van der Waals surface area (Å²) >= 11 is 6.41. The van der Waals surface area contributed by atoms with E-state index in [2.05, 4.69) is 15.3 Å². The van der Waals surface area contributed by atoms with Crippen LogP contribution < -0.4 is 11.1 Å². The lowest BCUT2D eigenvalue weighted by Gasteiger charge is -2.29. The van der Waals surface area contributed by atoms with E-state index in [4.69, 9.17) is 17.3 Å². The standard InChI is InChI=1S/C24H21ClN4O/c25-20-10-9-18(14-19(20)21-8-4-5-13-27-21)24(23(26)30)12-11-22(29-16-24)28-15-17-6-2-1-3-7-17/h1-14H,15-16H2,(H2,26,30)(H,28,29). The average Bonchev–Trinajstić information content (AvgIpc) is 2.79. The molecule has 0 saturated heterocycles. The zero-order valence-electron chi connectivity index (χ0n) is 16.3. The van der Waals surface area contributed by atoms with E-state index in [0.717, 1.165) is 28.2 Å². The number of dihydropyridines is 1. The molecule has 1 aliphatic heterocycles. The number of amidine groups is 1. The number of primary amides is 1. The molecule has 0 saturated carbocycles. The summed E-state index contributed by atoms with van der Waals surface area (Å²) < 4.78 is 0. The molecule has 4 rings (SSSR count). The number of nitrogens with two attached hydrogens (primary N) is 1. The van der Waals surface area contributed by atoms with Crippen molar-refractivity contribution in [2.45, 2.75) is 12.0 Å². The number of pyridine rings is 1. The van der Waals surface area contributed by atoms with Gasteiger partial charge in [-0.2, -0.15) is 0 Å². The van der Waals surface area contributed by atoms with Gasteiger partial charge >= 0.3 is 0 Å². The van der Waals surface area contributed by atoms with Crippen LogP contribution >= 0.6 is 11.6 Å². The SMILES string of the molecule is NC(=O)C1(c2ccc(Cl)c(-c3ccccn3)c2)C=CC(NCc2ccccc2)=NC1. The van der Waals surface area contributed by atoms with Crippen molar-refractivity contribution in [1.82, 2.24) is 10.3 Å². The van der Waals surface area contributed by atoms with E-state index >= 15 is 0 Å². The van der Waals surface area contributed by atoms with E-state index in [0.29, 0.717) is 11.6 Å². The first-order valence-electron chi connectivity index (χ1n) is 9.61. The predicted molar refractivity (Wildman–Crippen MR) is 120 cm³/mol. The molecule has 150 valence electrons. The number of nitrogens with one attached hydrogen (secondary N) is 1. The first-order chi connectivity index (χ1) is 14.6. The quantitative estimate of drug-likeness (QED) is 0.662. The van der Waals surface area contributed by atoms with Crippen LogP contribution in [0.4, 0.5) is 0 Å². The molecule has 1 atom stereocenters. The second-order valence-corrected chi connectivity index (χ2v) is 7.53. The van der Waals surface area contributed by atoms with Crippen LogP contribution in [0.1, 0.15) is 11.1 Å². The van der Waals surface area contributed by atoms with E-state index in [-0.39, 0.29) is 6.54 Å². The number of carbonyl (C=O) groups excluding carboxylic acids is 1. The lowest BCUT2D eigenvalue weighted by atomic mass is 9.77. The summed E-state index contributed by atoms with van der Waals surface area (Å²) in [6.45, 7) is 0.873. The monoisotopic (exact) mass is 416 g/mol. The molecule has 3 aromatic rings. The van der Waals surface area contributed by atoms with Gasteiger partial charge in [0.25, 0.3) is 0 Å². The molecule has 0 bridgehead atoms. The van der Waals surface area contributed by atoms with E-state index in [9.17, 15) is 4.79 Å². The van der Waals surface area contributed by atoms with Crippen LogP contribution in [0.25, 0.3) is 11.3 Å². The molecule has 0 radical (unpaired) electrons. The Morgan fingerprint density at radius 2 is 1.90 bits per heavy atom. The number of hydrogen-bond donors (Lipinski definition) is 2. The highest BCUT2D eigenvalue weighted by Crippen LogP contribution is 2.35. The molecule has 0 aliphatic carbocycles. The number of carbonyl (C=O) groups is 1. The molecule has 1 unspecified atom stereocenters. The topological polar surface area (TPSA) is 80.4 Å². The minimum atomic E-state index is -1.04. The molecule has 3 N–H and O–H groups in total. The summed E-state index contributed by atoms with van der Waals surface area (Å²) in [5, 5.41) is 3.85. The van der Waals surface area contributed by atoms with Gasteiger partial charge in [0.1, 0.15) is 11.3 Å². The third-order valence-corrected chi connectivity index (χ3v) is 5.53. The normalized spacial score (nSPS) is 18.0. The third kappa shape index (κ3) is 3.98. The molecule has 1 amide bonds.